The largest absolute Gasteiger partial charge is 0.391 e. The second-order valence-corrected chi connectivity index (χ2v) is 7.30. The van der Waals surface area contributed by atoms with Crippen LogP contribution in [0.1, 0.15) is 34.1 Å². The van der Waals surface area contributed by atoms with Gasteiger partial charge < -0.3 is 10.4 Å². The van der Waals surface area contributed by atoms with Gasteiger partial charge in [0.2, 0.25) is 0 Å². The fraction of sp³-hybridized carbons (Fsp3) is 0.286. The number of rotatable bonds is 4. The number of benzene rings is 2. The molecule has 3 aromatic rings. The van der Waals surface area contributed by atoms with Gasteiger partial charge in [0.1, 0.15) is 0 Å². The minimum Gasteiger partial charge on any atom is -0.391 e. The van der Waals surface area contributed by atoms with Crippen LogP contribution in [0.3, 0.4) is 0 Å². The Morgan fingerprint density at radius 1 is 1.15 bits per heavy atom. The molecular weight excluding hydrogens is 346 g/mol. The number of halogens is 1. The van der Waals surface area contributed by atoms with Crippen molar-refractivity contribution in [3.05, 3.63) is 81.6 Å². The Balaban J connectivity index is 1.57. The highest BCUT2D eigenvalue weighted by Crippen LogP contribution is 2.32. The molecule has 0 aliphatic heterocycles. The third kappa shape index (κ3) is 3.05. The van der Waals surface area contributed by atoms with Crippen LogP contribution in [0, 0.1) is 13.8 Å². The quantitative estimate of drug-likeness (QED) is 0.735. The molecule has 4 rings (SSSR count). The van der Waals surface area contributed by atoms with Gasteiger partial charge in [0.05, 0.1) is 23.5 Å². The van der Waals surface area contributed by atoms with Crippen molar-refractivity contribution in [3.63, 3.8) is 0 Å². The molecule has 2 atom stereocenters. The first-order valence-electron chi connectivity index (χ1n) is 8.85. The lowest BCUT2D eigenvalue weighted by Crippen LogP contribution is -2.28. The van der Waals surface area contributed by atoms with E-state index in [0.717, 1.165) is 22.6 Å². The van der Waals surface area contributed by atoms with Gasteiger partial charge in [-0.2, -0.15) is 5.10 Å². The highest BCUT2D eigenvalue weighted by molar-refractivity contribution is 6.30. The zero-order chi connectivity index (χ0) is 18.3. The van der Waals surface area contributed by atoms with Crippen LogP contribution in [-0.2, 0) is 13.0 Å². The fourth-order valence-electron chi connectivity index (χ4n) is 3.80. The predicted octanol–water partition coefficient (Wildman–Crippen LogP) is 3.89. The van der Waals surface area contributed by atoms with Crippen LogP contribution in [0.25, 0.3) is 5.69 Å². The normalized spacial score (nSPS) is 18.9. The molecule has 1 aliphatic carbocycles. The lowest BCUT2D eigenvalue weighted by Gasteiger charge is -2.18. The van der Waals surface area contributed by atoms with E-state index >= 15 is 0 Å². The molecule has 2 N–H and O–H groups in total. The molecule has 1 heterocycles. The average molecular weight is 368 g/mol. The molecule has 0 unspecified atom stereocenters. The average Bonchev–Trinajstić information content (AvgIpc) is 3.10. The molecule has 0 spiro atoms. The van der Waals surface area contributed by atoms with Crippen LogP contribution in [0.15, 0.2) is 48.5 Å². The number of aliphatic hydroxyl groups excluding tert-OH is 1. The van der Waals surface area contributed by atoms with Gasteiger partial charge in [-0.3, -0.25) is 0 Å². The molecule has 0 amide bonds. The lowest BCUT2D eigenvalue weighted by molar-refractivity contribution is 0.140. The van der Waals surface area contributed by atoms with E-state index in [0.29, 0.717) is 18.0 Å². The maximum absolute atomic E-state index is 10.4. The zero-order valence-electron chi connectivity index (χ0n) is 14.9. The molecule has 0 saturated carbocycles. The van der Waals surface area contributed by atoms with Crippen LogP contribution in [0.4, 0.5) is 0 Å². The summed E-state index contributed by atoms with van der Waals surface area (Å²) in [6.45, 7) is 4.77. The van der Waals surface area contributed by atoms with Crippen LogP contribution < -0.4 is 5.32 Å². The van der Waals surface area contributed by atoms with E-state index in [4.69, 9.17) is 11.6 Å². The fourth-order valence-corrected chi connectivity index (χ4v) is 3.92. The van der Waals surface area contributed by atoms with E-state index in [2.05, 4.69) is 29.5 Å². The molecular formula is C21H22ClN3O. The van der Waals surface area contributed by atoms with E-state index in [1.807, 2.05) is 48.0 Å². The van der Waals surface area contributed by atoms with Gasteiger partial charge in [-0.15, -0.1) is 0 Å². The van der Waals surface area contributed by atoms with Gasteiger partial charge in [-0.1, -0.05) is 35.9 Å². The molecule has 0 fully saturated rings. The number of nitrogens with one attached hydrogen (secondary N) is 1. The van der Waals surface area contributed by atoms with E-state index < -0.39 is 0 Å². The van der Waals surface area contributed by atoms with Crippen molar-refractivity contribution in [2.45, 2.75) is 39.0 Å². The second kappa shape index (κ2) is 6.88. The number of aliphatic hydroxyl groups is 1. The topological polar surface area (TPSA) is 50.1 Å². The lowest BCUT2D eigenvalue weighted by atomic mass is 10.1. The molecule has 5 heteroatoms. The zero-order valence-corrected chi connectivity index (χ0v) is 15.7. The smallest absolute Gasteiger partial charge is 0.0775 e. The SMILES string of the molecule is Cc1nn(-c2ccc(Cl)cc2)c(C)c1CN[C@@H]1c2ccccc2C[C@@H]1O. The molecule has 0 saturated heterocycles. The summed E-state index contributed by atoms with van der Waals surface area (Å²) in [5.74, 6) is 0. The summed E-state index contributed by atoms with van der Waals surface area (Å²) < 4.78 is 1.95. The Morgan fingerprint density at radius 2 is 1.88 bits per heavy atom. The first-order chi connectivity index (χ1) is 12.5. The molecule has 26 heavy (non-hydrogen) atoms. The van der Waals surface area contributed by atoms with Crippen molar-refractivity contribution < 1.29 is 5.11 Å². The Hall–Kier alpha value is -2.14. The minimum atomic E-state index is -0.390. The molecule has 0 bridgehead atoms. The Kier molecular flexibility index (Phi) is 4.57. The van der Waals surface area contributed by atoms with E-state index in [-0.39, 0.29) is 12.1 Å². The standard InChI is InChI=1S/C21H22ClN3O/c1-13-19(14(2)25(24-13)17-9-7-16(22)8-10-17)12-23-21-18-6-4-3-5-15(18)11-20(21)26/h3-10,20-21,23,26H,11-12H2,1-2H3/t20-,21+/m0/s1. The highest BCUT2D eigenvalue weighted by Gasteiger charge is 2.30. The maximum atomic E-state index is 10.4. The molecule has 2 aromatic carbocycles. The number of fused-ring (bicyclic) bond motifs is 1. The first-order valence-corrected chi connectivity index (χ1v) is 9.22. The summed E-state index contributed by atoms with van der Waals surface area (Å²) in [5.41, 5.74) is 6.66. The van der Waals surface area contributed by atoms with Gasteiger partial charge >= 0.3 is 0 Å². The summed E-state index contributed by atoms with van der Waals surface area (Å²) >= 11 is 5.99. The molecule has 4 nitrogen and oxygen atoms in total. The van der Waals surface area contributed by atoms with E-state index in [1.165, 1.54) is 11.1 Å². The summed E-state index contributed by atoms with van der Waals surface area (Å²) in [6, 6.07) is 15.9. The molecule has 0 radical (unpaired) electrons. The Bertz CT molecular complexity index is 933. The second-order valence-electron chi connectivity index (χ2n) is 6.87. The van der Waals surface area contributed by atoms with Crippen molar-refractivity contribution in [2.24, 2.45) is 0 Å². The van der Waals surface area contributed by atoms with Crippen molar-refractivity contribution in [2.75, 3.05) is 0 Å². The van der Waals surface area contributed by atoms with Crippen LogP contribution in [0.2, 0.25) is 5.02 Å². The van der Waals surface area contributed by atoms with Crippen molar-refractivity contribution in [3.8, 4) is 5.69 Å². The molecule has 1 aromatic heterocycles. The number of nitrogens with zero attached hydrogens (tertiary/aromatic N) is 2. The summed E-state index contributed by atoms with van der Waals surface area (Å²) in [7, 11) is 0. The third-order valence-corrected chi connectivity index (χ3v) is 5.47. The number of hydrogen-bond donors (Lipinski definition) is 2. The highest BCUT2D eigenvalue weighted by atomic mass is 35.5. The number of hydrogen-bond acceptors (Lipinski definition) is 3. The van der Waals surface area contributed by atoms with Gasteiger partial charge in [0, 0.05) is 29.2 Å². The Labute approximate surface area is 158 Å². The van der Waals surface area contributed by atoms with Gasteiger partial charge in [-0.05, 0) is 49.2 Å². The molecule has 134 valence electrons. The van der Waals surface area contributed by atoms with Crippen molar-refractivity contribution >= 4 is 11.6 Å². The minimum absolute atomic E-state index is 0.0381. The van der Waals surface area contributed by atoms with Crippen molar-refractivity contribution in [1.29, 1.82) is 0 Å². The summed E-state index contributed by atoms with van der Waals surface area (Å²) in [6.07, 6.45) is 0.315. The summed E-state index contributed by atoms with van der Waals surface area (Å²) in [5, 5.41) is 19.4. The van der Waals surface area contributed by atoms with Crippen LogP contribution in [-0.4, -0.2) is 21.0 Å². The van der Waals surface area contributed by atoms with Gasteiger partial charge in [0.15, 0.2) is 0 Å². The van der Waals surface area contributed by atoms with Crippen LogP contribution in [0.5, 0.6) is 0 Å². The maximum Gasteiger partial charge on any atom is 0.0775 e. The predicted molar refractivity (Wildman–Crippen MR) is 104 cm³/mol. The van der Waals surface area contributed by atoms with E-state index in [1.54, 1.807) is 0 Å². The number of aromatic nitrogens is 2. The third-order valence-electron chi connectivity index (χ3n) is 5.22. The van der Waals surface area contributed by atoms with Gasteiger partial charge in [-0.25, -0.2) is 4.68 Å². The number of aryl methyl sites for hydroxylation is 1. The van der Waals surface area contributed by atoms with Crippen LogP contribution >= 0.6 is 11.6 Å². The summed E-state index contributed by atoms with van der Waals surface area (Å²) in [4.78, 5) is 0. The first kappa shape index (κ1) is 17.3. The molecule has 1 aliphatic rings. The monoisotopic (exact) mass is 367 g/mol. The van der Waals surface area contributed by atoms with E-state index in [9.17, 15) is 5.11 Å². The van der Waals surface area contributed by atoms with Crippen molar-refractivity contribution in [1.82, 2.24) is 15.1 Å². The van der Waals surface area contributed by atoms with Gasteiger partial charge in [0.25, 0.3) is 0 Å². The Morgan fingerprint density at radius 3 is 2.65 bits per heavy atom.